The van der Waals surface area contributed by atoms with Crippen LogP contribution in [0.15, 0.2) is 29.6 Å². The van der Waals surface area contributed by atoms with Crippen LogP contribution in [0.3, 0.4) is 0 Å². The van der Waals surface area contributed by atoms with Gasteiger partial charge >= 0.3 is 0 Å². The Bertz CT molecular complexity index is 705. The standard InChI is InChI=1S/C16H18ClN3O2S/c1-16(2,3)14(22)18-8-13(21)20-15-19-12(9-23-15)10-4-6-11(17)7-5-10/h4-7,9H,8H2,1-3H3,(H,18,22)(H,19,20,21). The predicted molar refractivity (Wildman–Crippen MR) is 93.7 cm³/mol. The van der Waals surface area contributed by atoms with E-state index in [1.807, 2.05) is 17.5 Å². The molecule has 0 aliphatic rings. The lowest BCUT2D eigenvalue weighted by molar-refractivity contribution is -0.130. The summed E-state index contributed by atoms with van der Waals surface area (Å²) in [5, 5.41) is 8.28. The molecular formula is C16H18ClN3O2S. The van der Waals surface area contributed by atoms with E-state index in [0.29, 0.717) is 10.2 Å². The van der Waals surface area contributed by atoms with E-state index in [4.69, 9.17) is 11.6 Å². The molecule has 7 heteroatoms. The van der Waals surface area contributed by atoms with Crippen LogP contribution in [0.1, 0.15) is 20.8 Å². The van der Waals surface area contributed by atoms with E-state index in [0.717, 1.165) is 11.3 Å². The highest BCUT2D eigenvalue weighted by molar-refractivity contribution is 7.14. The molecule has 2 aromatic rings. The number of carbonyl (C=O) groups excluding carboxylic acids is 2. The molecule has 0 fully saturated rings. The van der Waals surface area contributed by atoms with Crippen LogP contribution < -0.4 is 10.6 Å². The van der Waals surface area contributed by atoms with E-state index in [1.165, 1.54) is 11.3 Å². The third-order valence-electron chi connectivity index (χ3n) is 2.98. The van der Waals surface area contributed by atoms with E-state index in [1.54, 1.807) is 32.9 Å². The Labute approximate surface area is 144 Å². The maximum absolute atomic E-state index is 11.9. The summed E-state index contributed by atoms with van der Waals surface area (Å²) in [6, 6.07) is 7.31. The molecule has 0 radical (unpaired) electrons. The molecule has 0 aliphatic heterocycles. The first kappa shape index (κ1) is 17.4. The molecular weight excluding hydrogens is 334 g/mol. The predicted octanol–water partition coefficient (Wildman–Crippen LogP) is 3.56. The number of nitrogens with zero attached hydrogens (tertiary/aromatic N) is 1. The van der Waals surface area contributed by atoms with Gasteiger partial charge in [0.25, 0.3) is 0 Å². The number of amides is 2. The number of aromatic nitrogens is 1. The second kappa shape index (κ2) is 7.10. The van der Waals surface area contributed by atoms with Crippen molar-refractivity contribution in [1.29, 1.82) is 0 Å². The highest BCUT2D eigenvalue weighted by Gasteiger charge is 2.21. The molecule has 0 atom stereocenters. The average molecular weight is 352 g/mol. The highest BCUT2D eigenvalue weighted by Crippen LogP contribution is 2.25. The lowest BCUT2D eigenvalue weighted by Gasteiger charge is -2.17. The van der Waals surface area contributed by atoms with Gasteiger partial charge in [0.1, 0.15) is 0 Å². The van der Waals surface area contributed by atoms with Crippen LogP contribution in [0.4, 0.5) is 5.13 Å². The molecule has 0 unspecified atom stereocenters. The molecule has 23 heavy (non-hydrogen) atoms. The topological polar surface area (TPSA) is 71.1 Å². The van der Waals surface area contributed by atoms with E-state index >= 15 is 0 Å². The van der Waals surface area contributed by atoms with Crippen molar-refractivity contribution in [2.75, 3.05) is 11.9 Å². The fraction of sp³-hybridized carbons (Fsp3) is 0.312. The zero-order valence-electron chi connectivity index (χ0n) is 13.1. The number of anilines is 1. The Morgan fingerprint density at radius 3 is 2.48 bits per heavy atom. The zero-order valence-corrected chi connectivity index (χ0v) is 14.7. The number of carbonyl (C=O) groups is 2. The van der Waals surface area contributed by atoms with Crippen molar-refractivity contribution in [2.24, 2.45) is 5.41 Å². The second-order valence-electron chi connectivity index (χ2n) is 6.03. The van der Waals surface area contributed by atoms with Crippen LogP contribution >= 0.6 is 22.9 Å². The molecule has 5 nitrogen and oxygen atoms in total. The minimum Gasteiger partial charge on any atom is -0.347 e. The van der Waals surface area contributed by atoms with Crippen LogP contribution in [0, 0.1) is 5.41 Å². The SMILES string of the molecule is CC(C)(C)C(=O)NCC(=O)Nc1nc(-c2ccc(Cl)cc2)cs1. The number of benzene rings is 1. The van der Waals surface area contributed by atoms with Crippen molar-refractivity contribution < 1.29 is 9.59 Å². The summed E-state index contributed by atoms with van der Waals surface area (Å²) < 4.78 is 0. The number of hydrogen-bond acceptors (Lipinski definition) is 4. The molecule has 2 rings (SSSR count). The van der Waals surface area contributed by atoms with Gasteiger partial charge in [-0.2, -0.15) is 0 Å². The van der Waals surface area contributed by atoms with E-state index in [2.05, 4.69) is 15.6 Å². The monoisotopic (exact) mass is 351 g/mol. The maximum Gasteiger partial charge on any atom is 0.245 e. The maximum atomic E-state index is 11.9. The van der Waals surface area contributed by atoms with E-state index in [-0.39, 0.29) is 18.4 Å². The quantitative estimate of drug-likeness (QED) is 0.884. The van der Waals surface area contributed by atoms with Gasteiger partial charge in [-0.1, -0.05) is 44.5 Å². The van der Waals surface area contributed by atoms with Gasteiger partial charge < -0.3 is 10.6 Å². The molecule has 2 N–H and O–H groups in total. The van der Waals surface area contributed by atoms with Crippen molar-refractivity contribution in [3.63, 3.8) is 0 Å². The van der Waals surface area contributed by atoms with Gasteiger partial charge in [-0.25, -0.2) is 4.98 Å². The Balaban J connectivity index is 1.93. The molecule has 2 amide bonds. The van der Waals surface area contributed by atoms with Crippen LogP contribution in [0.25, 0.3) is 11.3 Å². The van der Waals surface area contributed by atoms with Gasteiger partial charge in [-0.15, -0.1) is 11.3 Å². The fourth-order valence-corrected chi connectivity index (χ4v) is 2.54. The first-order valence-corrected chi connectivity index (χ1v) is 8.31. The van der Waals surface area contributed by atoms with Crippen LogP contribution in [0.2, 0.25) is 5.02 Å². The van der Waals surface area contributed by atoms with Crippen molar-refractivity contribution in [3.8, 4) is 11.3 Å². The highest BCUT2D eigenvalue weighted by atomic mass is 35.5. The van der Waals surface area contributed by atoms with Crippen LogP contribution in [-0.2, 0) is 9.59 Å². The molecule has 1 heterocycles. The molecule has 0 bridgehead atoms. The summed E-state index contributed by atoms with van der Waals surface area (Å²) in [7, 11) is 0. The Morgan fingerprint density at radius 1 is 1.22 bits per heavy atom. The van der Waals surface area contributed by atoms with Gasteiger partial charge in [0, 0.05) is 21.4 Å². The first-order valence-electron chi connectivity index (χ1n) is 7.05. The van der Waals surface area contributed by atoms with E-state index in [9.17, 15) is 9.59 Å². The third kappa shape index (κ3) is 5.04. The summed E-state index contributed by atoms with van der Waals surface area (Å²) in [6.07, 6.45) is 0. The van der Waals surface area contributed by atoms with Gasteiger partial charge in [0.05, 0.1) is 12.2 Å². The van der Waals surface area contributed by atoms with Crippen LogP contribution in [0.5, 0.6) is 0 Å². The van der Waals surface area contributed by atoms with Gasteiger partial charge in [0.2, 0.25) is 11.8 Å². The zero-order chi connectivity index (χ0) is 17.0. The van der Waals surface area contributed by atoms with Crippen LogP contribution in [-0.4, -0.2) is 23.3 Å². The molecule has 1 aromatic carbocycles. The van der Waals surface area contributed by atoms with Gasteiger partial charge in [-0.05, 0) is 12.1 Å². The van der Waals surface area contributed by atoms with Crippen molar-refractivity contribution >= 4 is 39.9 Å². The Hall–Kier alpha value is -1.92. The molecule has 122 valence electrons. The Morgan fingerprint density at radius 2 is 1.87 bits per heavy atom. The van der Waals surface area contributed by atoms with Gasteiger partial charge in [0.15, 0.2) is 5.13 Å². The summed E-state index contributed by atoms with van der Waals surface area (Å²) in [6.45, 7) is 5.30. The van der Waals surface area contributed by atoms with E-state index < -0.39 is 5.41 Å². The molecule has 1 aromatic heterocycles. The molecule has 0 saturated carbocycles. The normalized spacial score (nSPS) is 11.1. The number of rotatable bonds is 4. The second-order valence-corrected chi connectivity index (χ2v) is 7.32. The fourth-order valence-electron chi connectivity index (χ4n) is 1.67. The molecule has 0 aliphatic carbocycles. The number of nitrogens with one attached hydrogen (secondary N) is 2. The number of hydrogen-bond donors (Lipinski definition) is 2. The summed E-state index contributed by atoms with van der Waals surface area (Å²) >= 11 is 7.18. The average Bonchev–Trinajstić information content (AvgIpc) is 2.93. The van der Waals surface area contributed by atoms with Crippen molar-refractivity contribution in [1.82, 2.24) is 10.3 Å². The summed E-state index contributed by atoms with van der Waals surface area (Å²) in [5.41, 5.74) is 1.16. The van der Waals surface area contributed by atoms with Crippen molar-refractivity contribution in [3.05, 3.63) is 34.7 Å². The smallest absolute Gasteiger partial charge is 0.245 e. The number of thiazole rings is 1. The van der Waals surface area contributed by atoms with Gasteiger partial charge in [-0.3, -0.25) is 9.59 Å². The lowest BCUT2D eigenvalue weighted by atomic mass is 9.96. The minimum atomic E-state index is -0.525. The third-order valence-corrected chi connectivity index (χ3v) is 3.99. The largest absolute Gasteiger partial charge is 0.347 e. The summed E-state index contributed by atoms with van der Waals surface area (Å²) in [5.74, 6) is -0.478. The lowest BCUT2D eigenvalue weighted by Crippen LogP contribution is -2.39. The molecule has 0 spiro atoms. The van der Waals surface area contributed by atoms with Crippen molar-refractivity contribution in [2.45, 2.75) is 20.8 Å². The number of halogens is 1. The molecule has 0 saturated heterocycles. The first-order chi connectivity index (χ1) is 10.8. The Kier molecular flexibility index (Phi) is 5.38. The minimum absolute atomic E-state index is 0.0774. The summed E-state index contributed by atoms with van der Waals surface area (Å²) in [4.78, 5) is 27.9.